The smallest absolute Gasteiger partial charge is 0.251 e. The minimum atomic E-state index is -0.113. The molecule has 3 rings (SSSR count). The van der Waals surface area contributed by atoms with Crippen LogP contribution < -0.4 is 10.2 Å². The molecule has 23 heavy (non-hydrogen) atoms. The van der Waals surface area contributed by atoms with Crippen LogP contribution in [0.25, 0.3) is 0 Å². The second kappa shape index (κ2) is 6.42. The van der Waals surface area contributed by atoms with Crippen LogP contribution in [-0.4, -0.2) is 25.4 Å². The summed E-state index contributed by atoms with van der Waals surface area (Å²) in [6.07, 6.45) is 1.18. The maximum absolute atomic E-state index is 12.0. The Labute approximate surface area is 140 Å². The number of hydrogen-bond acceptors (Lipinski definition) is 2. The summed E-state index contributed by atoms with van der Waals surface area (Å²) < 4.78 is 0. The van der Waals surface area contributed by atoms with E-state index in [4.69, 9.17) is 11.6 Å². The van der Waals surface area contributed by atoms with Crippen molar-refractivity contribution >= 4 is 29.1 Å². The van der Waals surface area contributed by atoms with E-state index in [0.29, 0.717) is 23.6 Å². The Balaban J connectivity index is 1.57. The van der Waals surface area contributed by atoms with Crippen LogP contribution in [0.3, 0.4) is 0 Å². The molecule has 0 radical (unpaired) electrons. The number of halogens is 1. The van der Waals surface area contributed by atoms with E-state index in [1.807, 2.05) is 18.2 Å². The van der Waals surface area contributed by atoms with Crippen molar-refractivity contribution in [2.24, 2.45) is 0 Å². The molecule has 4 nitrogen and oxygen atoms in total. The summed E-state index contributed by atoms with van der Waals surface area (Å²) in [6.45, 7) is 0.546. The van der Waals surface area contributed by atoms with Gasteiger partial charge >= 0.3 is 0 Å². The van der Waals surface area contributed by atoms with Crippen molar-refractivity contribution in [3.8, 4) is 0 Å². The first-order chi connectivity index (χ1) is 11.0. The predicted octanol–water partition coefficient (Wildman–Crippen LogP) is 2.83. The molecule has 0 aromatic heterocycles. The fourth-order valence-electron chi connectivity index (χ4n) is 2.70. The Morgan fingerprint density at radius 2 is 1.96 bits per heavy atom. The molecule has 2 aromatic carbocycles. The first-order valence-electron chi connectivity index (χ1n) is 7.47. The van der Waals surface area contributed by atoms with Crippen molar-refractivity contribution in [1.29, 1.82) is 0 Å². The average Bonchev–Trinajstić information content (AvgIpc) is 2.82. The number of fused-ring (bicyclic) bond motifs is 1. The molecule has 0 aliphatic carbocycles. The molecule has 2 aromatic rings. The lowest BCUT2D eigenvalue weighted by Gasteiger charge is -2.11. The molecule has 0 saturated carbocycles. The number of benzene rings is 2. The zero-order valence-corrected chi connectivity index (χ0v) is 13.6. The van der Waals surface area contributed by atoms with E-state index < -0.39 is 0 Å². The molecule has 1 aliphatic rings. The van der Waals surface area contributed by atoms with Gasteiger partial charge in [0.2, 0.25) is 5.91 Å². The highest BCUT2D eigenvalue weighted by molar-refractivity contribution is 6.30. The number of carbonyl (C=O) groups is 2. The van der Waals surface area contributed by atoms with E-state index in [1.54, 1.807) is 36.2 Å². The number of likely N-dealkylation sites (N-methyl/N-ethyl adjacent to an activating group) is 1. The van der Waals surface area contributed by atoms with Gasteiger partial charge in [0, 0.05) is 29.9 Å². The Bertz CT molecular complexity index is 756. The number of amides is 2. The molecule has 2 amide bonds. The summed E-state index contributed by atoms with van der Waals surface area (Å²) in [5.74, 6) is 0.00549. The molecule has 1 aliphatic heterocycles. The predicted molar refractivity (Wildman–Crippen MR) is 91.0 cm³/mol. The highest BCUT2D eigenvalue weighted by Gasteiger charge is 2.23. The lowest BCUT2D eigenvalue weighted by atomic mass is 10.1. The molecule has 0 saturated heterocycles. The standard InChI is InChI=1S/C18H17ClN2O2/c1-21-16-7-2-12(10-14(16)11-17(21)22)8-9-20-18(23)13-3-5-15(19)6-4-13/h2-7,10H,8-9,11H2,1H3,(H,20,23). The Kier molecular flexibility index (Phi) is 4.35. The molecular weight excluding hydrogens is 312 g/mol. The Morgan fingerprint density at radius 3 is 2.70 bits per heavy atom. The van der Waals surface area contributed by atoms with E-state index >= 15 is 0 Å². The highest BCUT2D eigenvalue weighted by atomic mass is 35.5. The van der Waals surface area contributed by atoms with Crippen LogP contribution in [0.15, 0.2) is 42.5 Å². The number of rotatable bonds is 4. The number of hydrogen-bond donors (Lipinski definition) is 1. The van der Waals surface area contributed by atoms with Crippen LogP contribution in [0.2, 0.25) is 5.02 Å². The van der Waals surface area contributed by atoms with Gasteiger partial charge in [0.15, 0.2) is 0 Å². The van der Waals surface area contributed by atoms with E-state index in [0.717, 1.165) is 23.2 Å². The number of nitrogens with zero attached hydrogens (tertiary/aromatic N) is 1. The van der Waals surface area contributed by atoms with Crippen molar-refractivity contribution in [3.63, 3.8) is 0 Å². The average molecular weight is 329 g/mol. The molecule has 0 unspecified atom stereocenters. The quantitative estimate of drug-likeness (QED) is 0.938. The molecule has 0 spiro atoms. The minimum absolute atomic E-state index is 0.113. The first-order valence-corrected chi connectivity index (χ1v) is 7.84. The topological polar surface area (TPSA) is 49.4 Å². The SMILES string of the molecule is CN1C(=O)Cc2cc(CCNC(=O)c3ccc(Cl)cc3)ccc21. The van der Waals surface area contributed by atoms with Gasteiger partial charge in [-0.25, -0.2) is 0 Å². The molecule has 0 atom stereocenters. The molecule has 1 heterocycles. The molecule has 0 fully saturated rings. The third kappa shape index (κ3) is 3.37. The van der Waals surface area contributed by atoms with Gasteiger partial charge in [-0.3, -0.25) is 9.59 Å². The maximum atomic E-state index is 12.0. The third-order valence-corrected chi connectivity index (χ3v) is 4.28. The molecule has 5 heteroatoms. The summed E-state index contributed by atoms with van der Waals surface area (Å²) in [6, 6.07) is 12.8. The fraction of sp³-hybridized carbons (Fsp3) is 0.222. The zero-order valence-electron chi connectivity index (χ0n) is 12.8. The van der Waals surface area contributed by atoms with Gasteiger partial charge < -0.3 is 10.2 Å². The van der Waals surface area contributed by atoms with Gasteiger partial charge in [0.25, 0.3) is 5.91 Å². The van der Waals surface area contributed by atoms with Gasteiger partial charge in [-0.2, -0.15) is 0 Å². The monoisotopic (exact) mass is 328 g/mol. The van der Waals surface area contributed by atoms with Gasteiger partial charge in [-0.15, -0.1) is 0 Å². The van der Waals surface area contributed by atoms with Gasteiger partial charge in [0.1, 0.15) is 0 Å². The summed E-state index contributed by atoms with van der Waals surface area (Å²) >= 11 is 5.81. The van der Waals surface area contributed by atoms with Gasteiger partial charge in [-0.1, -0.05) is 23.7 Å². The summed E-state index contributed by atoms with van der Waals surface area (Å²) in [5, 5.41) is 3.50. The fourth-order valence-corrected chi connectivity index (χ4v) is 2.83. The van der Waals surface area contributed by atoms with Crippen LogP contribution in [0.4, 0.5) is 5.69 Å². The van der Waals surface area contributed by atoms with Crippen molar-refractivity contribution < 1.29 is 9.59 Å². The van der Waals surface area contributed by atoms with Crippen molar-refractivity contribution in [1.82, 2.24) is 5.32 Å². The molecule has 118 valence electrons. The highest BCUT2D eigenvalue weighted by Crippen LogP contribution is 2.28. The molecule has 0 bridgehead atoms. The second-order valence-corrected chi connectivity index (χ2v) is 6.04. The minimum Gasteiger partial charge on any atom is -0.352 e. The van der Waals surface area contributed by atoms with E-state index in [2.05, 4.69) is 5.32 Å². The number of nitrogens with one attached hydrogen (secondary N) is 1. The van der Waals surface area contributed by atoms with Crippen molar-refractivity contribution in [2.75, 3.05) is 18.5 Å². The van der Waals surface area contributed by atoms with Crippen molar-refractivity contribution in [3.05, 3.63) is 64.2 Å². The lowest BCUT2D eigenvalue weighted by Crippen LogP contribution is -2.25. The summed E-state index contributed by atoms with van der Waals surface area (Å²) in [7, 11) is 1.79. The Morgan fingerprint density at radius 1 is 1.22 bits per heavy atom. The van der Waals surface area contributed by atoms with E-state index in [1.165, 1.54) is 0 Å². The van der Waals surface area contributed by atoms with Gasteiger partial charge in [0.05, 0.1) is 6.42 Å². The van der Waals surface area contributed by atoms with Crippen LogP contribution in [0, 0.1) is 0 Å². The first kappa shape index (κ1) is 15.6. The zero-order chi connectivity index (χ0) is 16.4. The molecule has 1 N–H and O–H groups in total. The lowest BCUT2D eigenvalue weighted by molar-refractivity contribution is -0.117. The second-order valence-electron chi connectivity index (χ2n) is 5.61. The van der Waals surface area contributed by atoms with Crippen LogP contribution in [0.1, 0.15) is 21.5 Å². The van der Waals surface area contributed by atoms with Crippen LogP contribution in [0.5, 0.6) is 0 Å². The van der Waals surface area contributed by atoms with Crippen molar-refractivity contribution in [2.45, 2.75) is 12.8 Å². The van der Waals surface area contributed by atoms with Crippen LogP contribution >= 0.6 is 11.6 Å². The third-order valence-electron chi connectivity index (χ3n) is 4.03. The van der Waals surface area contributed by atoms with Crippen LogP contribution in [-0.2, 0) is 17.6 Å². The van der Waals surface area contributed by atoms with E-state index in [9.17, 15) is 9.59 Å². The number of carbonyl (C=O) groups excluding carboxylic acids is 2. The summed E-state index contributed by atoms with van der Waals surface area (Å²) in [5.41, 5.74) is 3.74. The Hall–Kier alpha value is -2.33. The normalized spacial score (nSPS) is 13.1. The van der Waals surface area contributed by atoms with E-state index in [-0.39, 0.29) is 11.8 Å². The van der Waals surface area contributed by atoms with Gasteiger partial charge in [-0.05, 0) is 47.9 Å². The molecular formula is C18H17ClN2O2. The maximum Gasteiger partial charge on any atom is 0.251 e. The summed E-state index contributed by atoms with van der Waals surface area (Å²) in [4.78, 5) is 25.4. The largest absolute Gasteiger partial charge is 0.352 e. The number of anilines is 1.